The van der Waals surface area contributed by atoms with E-state index in [9.17, 15) is 8.42 Å². The van der Waals surface area contributed by atoms with E-state index in [2.05, 4.69) is 20.7 Å². The topological polar surface area (TPSA) is 49.4 Å². The lowest BCUT2D eigenvalue weighted by molar-refractivity contribution is 0.249. The molecule has 2 rings (SSSR count). The van der Waals surface area contributed by atoms with Crippen LogP contribution in [0, 0.1) is 5.92 Å². The van der Waals surface area contributed by atoms with Crippen molar-refractivity contribution < 1.29 is 8.42 Å². The molecule has 0 saturated heterocycles. The number of nitrogens with zero attached hydrogens (tertiary/aromatic N) is 1. The molecule has 106 valence electrons. The van der Waals surface area contributed by atoms with Crippen LogP contribution in [0.3, 0.4) is 0 Å². The van der Waals surface area contributed by atoms with Gasteiger partial charge in [-0.1, -0.05) is 34.5 Å². The standard InChI is InChI=1S/C13H19BrN2O2S/c1-16(2)19(17,18)15-13(10-4-3-5-10)11-6-8-12(14)9-7-11/h6-10,13,15H,3-5H2,1-2H3/t13-/m0/s1. The summed E-state index contributed by atoms with van der Waals surface area (Å²) < 4.78 is 29.1. The molecule has 0 bridgehead atoms. The van der Waals surface area contributed by atoms with Gasteiger partial charge in [-0.3, -0.25) is 0 Å². The maximum atomic E-state index is 12.0. The Morgan fingerprint density at radius 2 is 1.84 bits per heavy atom. The van der Waals surface area contributed by atoms with Crippen molar-refractivity contribution in [2.75, 3.05) is 14.1 Å². The van der Waals surface area contributed by atoms with Gasteiger partial charge in [0.15, 0.2) is 0 Å². The van der Waals surface area contributed by atoms with Crippen LogP contribution in [0.2, 0.25) is 0 Å². The fraction of sp³-hybridized carbons (Fsp3) is 0.538. The Hall–Kier alpha value is -0.430. The van der Waals surface area contributed by atoms with E-state index in [0.717, 1.165) is 22.9 Å². The molecule has 4 nitrogen and oxygen atoms in total. The molecule has 0 heterocycles. The van der Waals surface area contributed by atoms with Gasteiger partial charge >= 0.3 is 0 Å². The molecule has 1 aromatic rings. The number of benzene rings is 1. The zero-order valence-corrected chi connectivity index (χ0v) is 13.5. The number of rotatable bonds is 5. The molecule has 0 amide bonds. The van der Waals surface area contributed by atoms with E-state index in [1.165, 1.54) is 10.7 Å². The quantitative estimate of drug-likeness (QED) is 0.890. The van der Waals surface area contributed by atoms with Crippen molar-refractivity contribution in [2.45, 2.75) is 25.3 Å². The van der Waals surface area contributed by atoms with Gasteiger partial charge in [0.1, 0.15) is 0 Å². The Bertz CT molecular complexity index is 524. The number of halogens is 1. The third-order valence-electron chi connectivity index (χ3n) is 3.61. The summed E-state index contributed by atoms with van der Waals surface area (Å²) in [7, 11) is -0.318. The SMILES string of the molecule is CN(C)S(=O)(=O)N[C@H](c1ccc(Br)cc1)C1CCC1. The molecule has 19 heavy (non-hydrogen) atoms. The number of nitrogens with one attached hydrogen (secondary N) is 1. The van der Waals surface area contributed by atoms with Crippen LogP contribution in [0.25, 0.3) is 0 Å². The Kier molecular flexibility index (Phi) is 4.66. The van der Waals surface area contributed by atoms with Crippen LogP contribution >= 0.6 is 15.9 Å². The van der Waals surface area contributed by atoms with Gasteiger partial charge in [-0.25, -0.2) is 0 Å². The zero-order chi connectivity index (χ0) is 14.0. The minimum atomic E-state index is -3.41. The van der Waals surface area contributed by atoms with Crippen LogP contribution in [0.5, 0.6) is 0 Å². The largest absolute Gasteiger partial charge is 0.279 e. The Morgan fingerprint density at radius 3 is 2.26 bits per heavy atom. The van der Waals surface area contributed by atoms with E-state index < -0.39 is 10.2 Å². The van der Waals surface area contributed by atoms with E-state index in [1.54, 1.807) is 14.1 Å². The van der Waals surface area contributed by atoms with Crippen LogP contribution in [-0.4, -0.2) is 26.8 Å². The van der Waals surface area contributed by atoms with Crippen molar-refractivity contribution in [3.63, 3.8) is 0 Å². The van der Waals surface area contributed by atoms with E-state index in [0.29, 0.717) is 5.92 Å². The first kappa shape index (κ1) is 15.0. The van der Waals surface area contributed by atoms with Crippen molar-refractivity contribution in [2.24, 2.45) is 5.92 Å². The van der Waals surface area contributed by atoms with Gasteiger partial charge in [0.25, 0.3) is 10.2 Å². The van der Waals surface area contributed by atoms with Gasteiger partial charge in [-0.15, -0.1) is 0 Å². The third kappa shape index (κ3) is 3.56. The molecule has 6 heteroatoms. The minimum Gasteiger partial charge on any atom is -0.195 e. The highest BCUT2D eigenvalue weighted by molar-refractivity contribution is 9.10. The molecular formula is C13H19BrN2O2S. The molecule has 1 aliphatic rings. The van der Waals surface area contributed by atoms with Crippen LogP contribution < -0.4 is 4.72 Å². The molecular weight excluding hydrogens is 328 g/mol. The summed E-state index contributed by atoms with van der Waals surface area (Å²) in [5.41, 5.74) is 1.03. The van der Waals surface area contributed by atoms with Gasteiger partial charge in [-0.05, 0) is 36.5 Å². The van der Waals surface area contributed by atoms with Crippen LogP contribution in [0.1, 0.15) is 30.9 Å². The second kappa shape index (κ2) is 5.91. The molecule has 0 spiro atoms. The molecule has 1 aromatic carbocycles. The molecule has 1 fully saturated rings. The highest BCUT2D eigenvalue weighted by atomic mass is 79.9. The summed E-state index contributed by atoms with van der Waals surface area (Å²) in [6.07, 6.45) is 3.34. The zero-order valence-electron chi connectivity index (χ0n) is 11.1. The van der Waals surface area contributed by atoms with Crippen LogP contribution in [0.4, 0.5) is 0 Å². The van der Waals surface area contributed by atoms with E-state index in [1.807, 2.05) is 24.3 Å². The lowest BCUT2D eigenvalue weighted by Crippen LogP contribution is -2.42. The smallest absolute Gasteiger partial charge is 0.195 e. The first-order chi connectivity index (χ1) is 8.90. The van der Waals surface area contributed by atoms with Crippen molar-refractivity contribution in [3.8, 4) is 0 Å². The predicted octanol–water partition coefficient (Wildman–Crippen LogP) is 2.69. The average Bonchev–Trinajstić information content (AvgIpc) is 2.26. The van der Waals surface area contributed by atoms with Crippen molar-refractivity contribution in [1.29, 1.82) is 0 Å². The maximum Gasteiger partial charge on any atom is 0.279 e. The first-order valence-electron chi connectivity index (χ1n) is 6.35. The summed E-state index contributed by atoms with van der Waals surface area (Å²) in [6, 6.07) is 7.72. The van der Waals surface area contributed by atoms with Gasteiger partial charge < -0.3 is 0 Å². The summed E-state index contributed by atoms with van der Waals surface area (Å²) in [6.45, 7) is 0. The second-order valence-electron chi connectivity index (χ2n) is 5.13. The summed E-state index contributed by atoms with van der Waals surface area (Å²) in [5.74, 6) is 0.399. The molecule has 1 aliphatic carbocycles. The van der Waals surface area contributed by atoms with Gasteiger partial charge in [0.05, 0.1) is 6.04 Å². The molecule has 1 atom stereocenters. The Labute approximate surface area is 123 Å². The maximum absolute atomic E-state index is 12.0. The van der Waals surface area contributed by atoms with Gasteiger partial charge in [0, 0.05) is 18.6 Å². The average molecular weight is 347 g/mol. The summed E-state index contributed by atoms with van der Waals surface area (Å²) in [5, 5.41) is 0. The molecule has 0 aromatic heterocycles. The van der Waals surface area contributed by atoms with Gasteiger partial charge in [-0.2, -0.15) is 17.4 Å². The van der Waals surface area contributed by atoms with E-state index >= 15 is 0 Å². The van der Waals surface area contributed by atoms with Crippen molar-refractivity contribution in [3.05, 3.63) is 34.3 Å². The highest BCUT2D eigenvalue weighted by Crippen LogP contribution is 2.38. The molecule has 1 saturated carbocycles. The highest BCUT2D eigenvalue weighted by Gasteiger charge is 2.32. The van der Waals surface area contributed by atoms with Crippen LogP contribution in [0.15, 0.2) is 28.7 Å². The monoisotopic (exact) mass is 346 g/mol. The molecule has 0 aliphatic heterocycles. The number of hydrogen-bond acceptors (Lipinski definition) is 2. The third-order valence-corrected chi connectivity index (χ3v) is 5.65. The van der Waals surface area contributed by atoms with E-state index in [4.69, 9.17) is 0 Å². The minimum absolute atomic E-state index is 0.130. The van der Waals surface area contributed by atoms with Crippen LogP contribution in [-0.2, 0) is 10.2 Å². The lowest BCUT2D eigenvalue weighted by atomic mass is 9.77. The van der Waals surface area contributed by atoms with E-state index in [-0.39, 0.29) is 6.04 Å². The Morgan fingerprint density at radius 1 is 1.26 bits per heavy atom. The van der Waals surface area contributed by atoms with Crippen molar-refractivity contribution >= 4 is 26.1 Å². The molecule has 0 radical (unpaired) electrons. The first-order valence-corrected chi connectivity index (χ1v) is 8.59. The van der Waals surface area contributed by atoms with Crippen molar-refractivity contribution in [1.82, 2.24) is 9.03 Å². The lowest BCUT2D eigenvalue weighted by Gasteiger charge is -2.35. The molecule has 1 N–H and O–H groups in total. The van der Waals surface area contributed by atoms with Gasteiger partial charge in [0.2, 0.25) is 0 Å². The predicted molar refractivity (Wildman–Crippen MR) is 80.0 cm³/mol. The summed E-state index contributed by atoms with van der Waals surface area (Å²) >= 11 is 3.40. The Balaban J connectivity index is 2.24. The number of hydrogen-bond donors (Lipinski definition) is 1. The molecule has 0 unspecified atom stereocenters. The fourth-order valence-electron chi connectivity index (χ4n) is 2.15. The fourth-order valence-corrected chi connectivity index (χ4v) is 3.27. The second-order valence-corrected chi connectivity index (χ2v) is 7.96. The normalized spacial score (nSPS) is 18.3. The summed E-state index contributed by atoms with van der Waals surface area (Å²) in [4.78, 5) is 0.